The molecule has 1 aliphatic rings. The Hall–Kier alpha value is -2.29. The molecule has 1 amide bonds. The van der Waals surface area contributed by atoms with E-state index in [2.05, 4.69) is 19.1 Å². The van der Waals surface area contributed by atoms with Crippen LogP contribution in [-0.4, -0.2) is 12.5 Å². The minimum Gasteiger partial charge on any atom is -0.465 e. The molecule has 0 atom stereocenters. The van der Waals surface area contributed by atoms with Crippen LogP contribution >= 0.6 is 0 Å². The monoisotopic (exact) mass is 267 g/mol. The summed E-state index contributed by atoms with van der Waals surface area (Å²) in [6.45, 7) is 2.86. The van der Waals surface area contributed by atoms with Crippen LogP contribution in [0, 0.1) is 6.92 Å². The zero-order chi connectivity index (χ0) is 13.9. The Bertz CT molecular complexity index is 641. The summed E-state index contributed by atoms with van der Waals surface area (Å²) in [6.07, 6.45) is 6.95. The summed E-state index contributed by atoms with van der Waals surface area (Å²) in [7, 11) is 0. The molecule has 1 aromatic heterocycles. The molecule has 0 saturated heterocycles. The summed E-state index contributed by atoms with van der Waals surface area (Å²) >= 11 is 0. The normalized spacial score (nSPS) is 14.6. The lowest BCUT2D eigenvalue weighted by Crippen LogP contribution is -2.34. The van der Waals surface area contributed by atoms with Crippen LogP contribution in [0.3, 0.4) is 0 Å². The average Bonchev–Trinajstić information content (AvgIpc) is 2.97. The van der Waals surface area contributed by atoms with Crippen molar-refractivity contribution in [2.45, 2.75) is 19.8 Å². The van der Waals surface area contributed by atoms with E-state index in [1.54, 1.807) is 18.4 Å². The topological polar surface area (TPSA) is 33.5 Å². The number of furan rings is 1. The second-order valence-electron chi connectivity index (χ2n) is 5.07. The van der Waals surface area contributed by atoms with Gasteiger partial charge in [-0.15, -0.1) is 0 Å². The van der Waals surface area contributed by atoms with Gasteiger partial charge in [0.15, 0.2) is 0 Å². The van der Waals surface area contributed by atoms with E-state index in [1.165, 1.54) is 11.1 Å². The molecule has 0 N–H and O–H groups in total. The van der Waals surface area contributed by atoms with Crippen LogP contribution < -0.4 is 4.90 Å². The lowest BCUT2D eigenvalue weighted by atomic mass is 9.99. The molecule has 102 valence electrons. The molecular weight excluding hydrogens is 250 g/mol. The lowest BCUT2D eigenvalue weighted by Gasteiger charge is -2.28. The molecule has 0 saturated carbocycles. The lowest BCUT2D eigenvalue weighted by molar-refractivity contribution is -0.114. The standard InChI is InChI=1S/C17H17NO2/c1-13-6-8-16-14(12-13)4-2-10-18(16)17(19)9-7-15-5-3-11-20-15/h3,5-9,11-12H,2,4,10H2,1H3/b9-7+. The quantitative estimate of drug-likeness (QED) is 0.779. The number of anilines is 1. The molecule has 0 aliphatic carbocycles. The first-order valence-corrected chi connectivity index (χ1v) is 6.87. The Morgan fingerprint density at radius 2 is 2.25 bits per heavy atom. The third kappa shape index (κ3) is 2.52. The zero-order valence-electron chi connectivity index (χ0n) is 11.5. The van der Waals surface area contributed by atoms with Crippen molar-refractivity contribution in [2.75, 3.05) is 11.4 Å². The largest absolute Gasteiger partial charge is 0.465 e. The molecule has 0 radical (unpaired) electrons. The molecule has 3 heteroatoms. The van der Waals surface area contributed by atoms with Crippen molar-refractivity contribution in [3.05, 3.63) is 59.6 Å². The van der Waals surface area contributed by atoms with E-state index >= 15 is 0 Å². The fourth-order valence-corrected chi connectivity index (χ4v) is 2.58. The number of hydrogen-bond donors (Lipinski definition) is 0. The number of aryl methyl sites for hydroxylation is 2. The number of benzene rings is 1. The summed E-state index contributed by atoms with van der Waals surface area (Å²) in [4.78, 5) is 14.2. The number of fused-ring (bicyclic) bond motifs is 1. The predicted molar refractivity (Wildman–Crippen MR) is 79.6 cm³/mol. The van der Waals surface area contributed by atoms with Gasteiger partial charge in [0.05, 0.1) is 6.26 Å². The fourth-order valence-electron chi connectivity index (χ4n) is 2.58. The first-order valence-electron chi connectivity index (χ1n) is 6.87. The molecule has 1 aliphatic heterocycles. The number of hydrogen-bond acceptors (Lipinski definition) is 2. The molecule has 1 aromatic carbocycles. The maximum atomic E-state index is 12.3. The molecule has 0 fully saturated rings. The predicted octanol–water partition coefficient (Wildman–Crippen LogP) is 3.58. The third-order valence-corrected chi connectivity index (χ3v) is 3.55. The number of nitrogens with zero attached hydrogens (tertiary/aromatic N) is 1. The number of rotatable bonds is 2. The minimum atomic E-state index is 0.00574. The molecule has 20 heavy (non-hydrogen) atoms. The minimum absolute atomic E-state index is 0.00574. The third-order valence-electron chi connectivity index (χ3n) is 3.55. The number of carbonyl (C=O) groups excluding carboxylic acids is 1. The van der Waals surface area contributed by atoms with Crippen molar-refractivity contribution < 1.29 is 9.21 Å². The van der Waals surface area contributed by atoms with Crippen LogP contribution in [0.1, 0.15) is 23.3 Å². The van der Waals surface area contributed by atoms with Gasteiger partial charge in [0.1, 0.15) is 5.76 Å². The fraction of sp³-hybridized carbons (Fsp3) is 0.235. The highest BCUT2D eigenvalue weighted by molar-refractivity contribution is 6.04. The van der Waals surface area contributed by atoms with Crippen LogP contribution in [0.25, 0.3) is 6.08 Å². The van der Waals surface area contributed by atoms with E-state index in [4.69, 9.17) is 4.42 Å². The molecule has 0 spiro atoms. The highest BCUT2D eigenvalue weighted by Crippen LogP contribution is 2.28. The van der Waals surface area contributed by atoms with Gasteiger partial charge in [0.2, 0.25) is 0 Å². The van der Waals surface area contributed by atoms with E-state index in [0.717, 1.165) is 25.1 Å². The SMILES string of the molecule is Cc1ccc2c(c1)CCCN2C(=O)/C=C/c1ccco1. The van der Waals surface area contributed by atoms with Crippen molar-refractivity contribution in [1.82, 2.24) is 0 Å². The summed E-state index contributed by atoms with van der Waals surface area (Å²) in [5.41, 5.74) is 3.54. The van der Waals surface area contributed by atoms with E-state index in [0.29, 0.717) is 5.76 Å². The number of carbonyl (C=O) groups is 1. The van der Waals surface area contributed by atoms with Gasteiger partial charge in [-0.2, -0.15) is 0 Å². The van der Waals surface area contributed by atoms with Crippen LogP contribution in [-0.2, 0) is 11.2 Å². The van der Waals surface area contributed by atoms with Crippen molar-refractivity contribution >= 4 is 17.7 Å². The molecule has 0 bridgehead atoms. The van der Waals surface area contributed by atoms with Crippen LogP contribution in [0.2, 0.25) is 0 Å². The second kappa shape index (κ2) is 5.37. The summed E-state index contributed by atoms with van der Waals surface area (Å²) in [5, 5.41) is 0. The molecule has 2 aromatic rings. The smallest absolute Gasteiger partial charge is 0.251 e. The first-order chi connectivity index (χ1) is 9.74. The van der Waals surface area contributed by atoms with Gasteiger partial charge in [-0.25, -0.2) is 0 Å². The van der Waals surface area contributed by atoms with E-state index in [-0.39, 0.29) is 5.91 Å². The first kappa shape index (κ1) is 12.7. The van der Waals surface area contributed by atoms with Crippen molar-refractivity contribution in [3.8, 4) is 0 Å². The molecule has 3 nitrogen and oxygen atoms in total. The summed E-state index contributed by atoms with van der Waals surface area (Å²) in [6, 6.07) is 9.91. The molecular formula is C17H17NO2. The Labute approximate surface area is 118 Å². The van der Waals surface area contributed by atoms with Crippen LogP contribution in [0.5, 0.6) is 0 Å². The van der Waals surface area contributed by atoms with Crippen molar-refractivity contribution in [2.24, 2.45) is 0 Å². The van der Waals surface area contributed by atoms with E-state index < -0.39 is 0 Å². The Kier molecular flexibility index (Phi) is 3.42. The van der Waals surface area contributed by atoms with Gasteiger partial charge in [0.25, 0.3) is 5.91 Å². The highest BCUT2D eigenvalue weighted by atomic mass is 16.3. The van der Waals surface area contributed by atoms with Gasteiger partial charge < -0.3 is 9.32 Å². The highest BCUT2D eigenvalue weighted by Gasteiger charge is 2.20. The second-order valence-corrected chi connectivity index (χ2v) is 5.07. The van der Waals surface area contributed by atoms with Gasteiger partial charge >= 0.3 is 0 Å². The summed E-state index contributed by atoms with van der Waals surface area (Å²) < 4.78 is 5.20. The van der Waals surface area contributed by atoms with Gasteiger partial charge in [-0.1, -0.05) is 17.7 Å². The van der Waals surface area contributed by atoms with Gasteiger partial charge in [-0.3, -0.25) is 4.79 Å². The van der Waals surface area contributed by atoms with E-state index in [9.17, 15) is 4.79 Å². The Morgan fingerprint density at radius 1 is 1.35 bits per heavy atom. The van der Waals surface area contributed by atoms with Crippen molar-refractivity contribution in [1.29, 1.82) is 0 Å². The van der Waals surface area contributed by atoms with Crippen LogP contribution in [0.4, 0.5) is 5.69 Å². The maximum Gasteiger partial charge on any atom is 0.251 e. The average molecular weight is 267 g/mol. The Morgan fingerprint density at radius 3 is 3.05 bits per heavy atom. The number of amides is 1. The molecule has 3 rings (SSSR count). The van der Waals surface area contributed by atoms with Gasteiger partial charge in [0, 0.05) is 18.3 Å². The Balaban J connectivity index is 1.83. The van der Waals surface area contributed by atoms with Gasteiger partial charge in [-0.05, 0) is 49.6 Å². The molecule has 0 unspecified atom stereocenters. The molecule has 2 heterocycles. The van der Waals surface area contributed by atoms with Crippen molar-refractivity contribution in [3.63, 3.8) is 0 Å². The summed E-state index contributed by atoms with van der Waals surface area (Å²) in [5.74, 6) is 0.700. The van der Waals surface area contributed by atoms with E-state index in [1.807, 2.05) is 23.1 Å². The zero-order valence-corrected chi connectivity index (χ0v) is 11.5. The van der Waals surface area contributed by atoms with Crippen LogP contribution in [0.15, 0.2) is 47.1 Å². The maximum absolute atomic E-state index is 12.3.